The van der Waals surface area contributed by atoms with E-state index in [4.69, 9.17) is 9.47 Å². The largest absolute Gasteiger partial charge is 0.486 e. The molecule has 5 heteroatoms. The van der Waals surface area contributed by atoms with E-state index in [1.807, 2.05) is 45.0 Å². The van der Waals surface area contributed by atoms with Crippen LogP contribution in [0.15, 0.2) is 24.3 Å². The number of para-hydroxylation sites is 2. The number of fused-ring (bicyclic) bond motifs is 1. The summed E-state index contributed by atoms with van der Waals surface area (Å²) in [6.45, 7) is 7.48. The maximum absolute atomic E-state index is 12.4. The lowest BCUT2D eigenvalue weighted by Gasteiger charge is -2.33. The van der Waals surface area contributed by atoms with Gasteiger partial charge < -0.3 is 19.7 Å². The van der Waals surface area contributed by atoms with Crippen LogP contribution in [0.4, 0.5) is 0 Å². The molecule has 1 N–H and O–H groups in total. The van der Waals surface area contributed by atoms with E-state index < -0.39 is 5.54 Å². The fourth-order valence-corrected chi connectivity index (χ4v) is 2.54. The predicted octanol–water partition coefficient (Wildman–Crippen LogP) is 1.67. The summed E-state index contributed by atoms with van der Waals surface area (Å²) in [5.41, 5.74) is -0.572. The minimum atomic E-state index is -0.572. The third kappa shape index (κ3) is 3.67. The molecule has 0 radical (unpaired) electrons. The third-order valence-corrected chi connectivity index (χ3v) is 3.55. The number of hydrogen-bond acceptors (Lipinski definition) is 4. The molecule has 0 saturated heterocycles. The fourth-order valence-electron chi connectivity index (χ4n) is 2.54. The third-order valence-electron chi connectivity index (χ3n) is 3.55. The van der Waals surface area contributed by atoms with E-state index in [1.165, 1.54) is 0 Å². The van der Waals surface area contributed by atoms with Crippen molar-refractivity contribution < 1.29 is 14.3 Å². The Morgan fingerprint density at radius 3 is 2.71 bits per heavy atom. The summed E-state index contributed by atoms with van der Waals surface area (Å²) < 4.78 is 11.6. The summed E-state index contributed by atoms with van der Waals surface area (Å²) in [4.78, 5) is 14.1. The lowest BCUT2D eigenvalue weighted by atomic mass is 10.0. The first-order chi connectivity index (χ1) is 9.94. The number of ether oxygens (including phenoxy) is 2. The van der Waals surface area contributed by atoms with Gasteiger partial charge in [-0.25, -0.2) is 0 Å². The summed E-state index contributed by atoms with van der Waals surface area (Å²) in [5.74, 6) is 1.54. The van der Waals surface area contributed by atoms with Crippen LogP contribution in [0.3, 0.4) is 0 Å². The van der Waals surface area contributed by atoms with Crippen molar-refractivity contribution in [2.45, 2.75) is 32.4 Å². The molecule has 0 aliphatic carbocycles. The highest BCUT2D eigenvalue weighted by Crippen LogP contribution is 2.31. The molecular weight excluding hydrogens is 268 g/mol. The Morgan fingerprint density at radius 2 is 2.05 bits per heavy atom. The minimum absolute atomic E-state index is 0.0480. The van der Waals surface area contributed by atoms with Gasteiger partial charge in [0.05, 0.1) is 12.1 Å². The van der Waals surface area contributed by atoms with Crippen LogP contribution >= 0.6 is 0 Å². The lowest BCUT2D eigenvalue weighted by Crippen LogP contribution is -2.55. The zero-order valence-corrected chi connectivity index (χ0v) is 13.2. The van der Waals surface area contributed by atoms with Crippen LogP contribution in [0.25, 0.3) is 0 Å². The van der Waals surface area contributed by atoms with Crippen molar-refractivity contribution in [1.82, 2.24) is 10.2 Å². The van der Waals surface area contributed by atoms with E-state index in [-0.39, 0.29) is 12.0 Å². The van der Waals surface area contributed by atoms with Gasteiger partial charge in [-0.1, -0.05) is 19.1 Å². The number of likely N-dealkylation sites (N-methyl/N-ethyl adjacent to an activating group) is 2. The monoisotopic (exact) mass is 292 g/mol. The molecule has 116 valence electrons. The van der Waals surface area contributed by atoms with E-state index >= 15 is 0 Å². The molecule has 0 bridgehead atoms. The summed E-state index contributed by atoms with van der Waals surface area (Å²) in [6, 6.07) is 7.59. The Bertz CT molecular complexity index is 502. The van der Waals surface area contributed by atoms with Crippen LogP contribution in [0.5, 0.6) is 11.5 Å². The van der Waals surface area contributed by atoms with Gasteiger partial charge in [-0.15, -0.1) is 0 Å². The van der Waals surface area contributed by atoms with Crippen molar-refractivity contribution in [2.24, 2.45) is 0 Å². The predicted molar refractivity (Wildman–Crippen MR) is 81.7 cm³/mol. The molecule has 5 nitrogen and oxygen atoms in total. The molecule has 1 unspecified atom stereocenters. The Kier molecular flexibility index (Phi) is 4.73. The number of rotatable bonds is 5. The first-order valence-electron chi connectivity index (χ1n) is 7.33. The van der Waals surface area contributed by atoms with Gasteiger partial charge in [0, 0.05) is 7.05 Å². The van der Waals surface area contributed by atoms with Gasteiger partial charge in [-0.05, 0) is 32.5 Å². The number of nitrogens with one attached hydrogen (secondary N) is 1. The normalized spacial score (nSPS) is 17.4. The summed E-state index contributed by atoms with van der Waals surface area (Å²) in [5, 5.41) is 3.19. The first-order valence-corrected chi connectivity index (χ1v) is 7.33. The van der Waals surface area contributed by atoms with Gasteiger partial charge in [0.1, 0.15) is 6.61 Å². The minimum Gasteiger partial charge on any atom is -0.486 e. The highest BCUT2D eigenvalue weighted by Gasteiger charge is 2.31. The van der Waals surface area contributed by atoms with Crippen molar-refractivity contribution in [3.05, 3.63) is 24.3 Å². The Labute approximate surface area is 126 Å². The highest BCUT2D eigenvalue weighted by atomic mass is 16.6. The fraction of sp³-hybridized carbons (Fsp3) is 0.562. The lowest BCUT2D eigenvalue weighted by molar-refractivity contribution is -0.137. The van der Waals surface area contributed by atoms with Gasteiger partial charge in [-0.3, -0.25) is 4.79 Å². The number of amides is 1. The van der Waals surface area contributed by atoms with Crippen molar-refractivity contribution in [3.63, 3.8) is 0 Å². The molecule has 1 atom stereocenters. The molecule has 0 aromatic heterocycles. The van der Waals surface area contributed by atoms with E-state index in [9.17, 15) is 4.79 Å². The van der Waals surface area contributed by atoms with Gasteiger partial charge in [0.2, 0.25) is 5.91 Å². The van der Waals surface area contributed by atoms with Crippen LogP contribution < -0.4 is 14.8 Å². The molecule has 0 fully saturated rings. The summed E-state index contributed by atoms with van der Waals surface area (Å²) in [6.07, 6.45) is -0.147. The van der Waals surface area contributed by atoms with E-state index in [1.54, 1.807) is 11.9 Å². The van der Waals surface area contributed by atoms with Gasteiger partial charge in [0.15, 0.2) is 17.6 Å². The summed E-state index contributed by atoms with van der Waals surface area (Å²) in [7, 11) is 1.80. The molecule has 1 aliphatic heterocycles. The van der Waals surface area contributed by atoms with Gasteiger partial charge in [-0.2, -0.15) is 0 Å². The molecule has 0 spiro atoms. The Hall–Kier alpha value is -1.75. The molecule has 1 amide bonds. The van der Waals surface area contributed by atoms with Crippen LogP contribution in [0, 0.1) is 0 Å². The smallest absolute Gasteiger partial charge is 0.242 e. The molecule has 2 rings (SSSR count). The quantitative estimate of drug-likeness (QED) is 0.897. The average molecular weight is 292 g/mol. The van der Waals surface area contributed by atoms with Crippen molar-refractivity contribution in [3.8, 4) is 11.5 Å². The maximum atomic E-state index is 12.4. The van der Waals surface area contributed by atoms with Crippen LogP contribution in [-0.4, -0.2) is 49.2 Å². The van der Waals surface area contributed by atoms with Gasteiger partial charge in [0.25, 0.3) is 0 Å². The topological polar surface area (TPSA) is 50.8 Å². The zero-order chi connectivity index (χ0) is 15.5. The number of benzene rings is 1. The van der Waals surface area contributed by atoms with Gasteiger partial charge >= 0.3 is 0 Å². The number of carbonyl (C=O) groups is 1. The molecule has 1 aromatic carbocycles. The highest BCUT2D eigenvalue weighted by molar-refractivity contribution is 5.85. The standard InChI is InChI=1S/C16H24N2O3/c1-5-17-16(2,3)15(19)18(4)10-12-11-20-13-8-6-7-9-14(13)21-12/h6-9,12,17H,5,10-11H2,1-4H3. The molecule has 1 aromatic rings. The molecule has 21 heavy (non-hydrogen) atoms. The SMILES string of the molecule is CCNC(C)(C)C(=O)N(C)CC1COc2ccccc2O1. The molecule has 0 saturated carbocycles. The average Bonchev–Trinajstić information content (AvgIpc) is 2.46. The first kappa shape index (κ1) is 15.6. The Balaban J connectivity index is 1.95. The van der Waals surface area contributed by atoms with Crippen molar-refractivity contribution in [2.75, 3.05) is 26.7 Å². The number of carbonyl (C=O) groups excluding carboxylic acids is 1. The second-order valence-corrected chi connectivity index (χ2v) is 5.84. The second-order valence-electron chi connectivity index (χ2n) is 5.84. The van der Waals surface area contributed by atoms with Crippen LogP contribution in [0.2, 0.25) is 0 Å². The van der Waals surface area contributed by atoms with E-state index in [2.05, 4.69) is 5.32 Å². The number of nitrogens with zero attached hydrogens (tertiary/aromatic N) is 1. The van der Waals surface area contributed by atoms with Crippen molar-refractivity contribution >= 4 is 5.91 Å². The Morgan fingerprint density at radius 1 is 1.38 bits per heavy atom. The molecule has 1 aliphatic rings. The van der Waals surface area contributed by atoms with Crippen LogP contribution in [-0.2, 0) is 4.79 Å². The number of hydrogen-bond donors (Lipinski definition) is 1. The van der Waals surface area contributed by atoms with Crippen molar-refractivity contribution in [1.29, 1.82) is 0 Å². The van der Waals surface area contributed by atoms with Crippen LogP contribution in [0.1, 0.15) is 20.8 Å². The molecular formula is C16H24N2O3. The van der Waals surface area contributed by atoms with E-state index in [0.29, 0.717) is 13.2 Å². The molecule has 1 heterocycles. The zero-order valence-electron chi connectivity index (χ0n) is 13.2. The second kappa shape index (κ2) is 6.35. The maximum Gasteiger partial charge on any atom is 0.242 e. The van der Waals surface area contributed by atoms with E-state index in [0.717, 1.165) is 18.0 Å². The summed E-state index contributed by atoms with van der Waals surface area (Å²) >= 11 is 0.